The fourth-order valence-corrected chi connectivity index (χ4v) is 1.15. The summed E-state index contributed by atoms with van der Waals surface area (Å²) in [6.07, 6.45) is -0.0185. The number of hydrogen-bond donors (Lipinski definition) is 4. The Morgan fingerprint density at radius 3 is 1.64 bits per heavy atom. The van der Waals surface area contributed by atoms with Crippen molar-refractivity contribution in [1.82, 2.24) is 10.6 Å². The summed E-state index contributed by atoms with van der Waals surface area (Å²) in [6.45, 7) is 1.87. The van der Waals surface area contributed by atoms with Gasteiger partial charge in [-0.2, -0.15) is 0 Å². The molecule has 0 aromatic heterocycles. The van der Waals surface area contributed by atoms with E-state index in [2.05, 4.69) is 60.3 Å². The molecule has 0 aromatic rings. The van der Waals surface area contributed by atoms with Crippen LogP contribution in [0, 0.1) is 0 Å². The molecule has 60 valence electrons. The summed E-state index contributed by atoms with van der Waals surface area (Å²) in [6, 6.07) is 0. The van der Waals surface area contributed by atoms with Crippen LogP contribution in [0.15, 0.2) is 0 Å². The van der Waals surface area contributed by atoms with E-state index in [1.165, 1.54) is 0 Å². The Balaban J connectivity index is 0. The van der Waals surface area contributed by atoms with Crippen molar-refractivity contribution in [3.63, 3.8) is 0 Å². The number of rotatable bonds is 2. The molecule has 0 aliphatic carbocycles. The first-order valence-electron chi connectivity index (χ1n) is 2.51. The Labute approximate surface area is 101 Å². The molecule has 0 atom stereocenters. The molecule has 11 heavy (non-hydrogen) atoms. The predicted octanol–water partition coefficient (Wildman–Crippen LogP) is 0.938. The van der Waals surface area contributed by atoms with Gasteiger partial charge in [-0.05, 0) is 6.92 Å². The van der Waals surface area contributed by atoms with Crippen LogP contribution < -0.4 is 10.6 Å². The molecule has 0 amide bonds. The molecule has 0 heterocycles. The zero-order valence-electron chi connectivity index (χ0n) is 6.00. The summed E-state index contributed by atoms with van der Waals surface area (Å²) in [5.74, 6) is 0. The monoisotopic (exact) mass is 276 g/mol. The standard InChI is InChI=1S/C4H8N2S4.Zn/c1-2(5-3(7)8)6-4(9)10;/h2H,1H3,(H2,5,7,8)(H2,6,9,10);. The van der Waals surface area contributed by atoms with Gasteiger partial charge in [0.2, 0.25) is 0 Å². The van der Waals surface area contributed by atoms with Gasteiger partial charge in [-0.25, -0.2) is 0 Å². The summed E-state index contributed by atoms with van der Waals surface area (Å²) >= 11 is 17.1. The van der Waals surface area contributed by atoms with Gasteiger partial charge in [0.25, 0.3) is 0 Å². The number of hydrogen-bond acceptors (Lipinski definition) is 2. The van der Waals surface area contributed by atoms with Crippen molar-refractivity contribution in [2.45, 2.75) is 13.1 Å². The van der Waals surface area contributed by atoms with Crippen LogP contribution in [0.25, 0.3) is 0 Å². The van der Waals surface area contributed by atoms with E-state index < -0.39 is 0 Å². The van der Waals surface area contributed by atoms with Crippen molar-refractivity contribution >= 4 is 58.3 Å². The van der Waals surface area contributed by atoms with E-state index in [4.69, 9.17) is 0 Å². The molecular formula is C4H8N2S4Zn. The predicted molar refractivity (Wildman–Crippen MR) is 58.9 cm³/mol. The van der Waals surface area contributed by atoms with Gasteiger partial charge >= 0.3 is 0 Å². The fraction of sp³-hybridized carbons (Fsp3) is 0.500. The molecule has 0 spiro atoms. The van der Waals surface area contributed by atoms with E-state index in [-0.39, 0.29) is 25.6 Å². The second-order valence-corrected chi connectivity index (χ2v) is 3.94. The third-order valence-corrected chi connectivity index (χ3v) is 1.17. The Kier molecular flexibility index (Phi) is 10.3. The topological polar surface area (TPSA) is 24.1 Å². The number of thiocarbonyl (C=S) groups is 2. The van der Waals surface area contributed by atoms with Crippen LogP contribution >= 0.6 is 49.7 Å². The van der Waals surface area contributed by atoms with Crippen molar-refractivity contribution in [3.05, 3.63) is 0 Å². The molecule has 0 saturated carbocycles. The quantitative estimate of drug-likeness (QED) is 0.261. The average molecular weight is 278 g/mol. The zero-order valence-corrected chi connectivity index (χ0v) is 12.4. The van der Waals surface area contributed by atoms with Gasteiger partial charge in [0.15, 0.2) is 0 Å². The van der Waals surface area contributed by atoms with Crippen molar-refractivity contribution in [2.75, 3.05) is 0 Å². The van der Waals surface area contributed by atoms with Crippen LogP contribution in [0.3, 0.4) is 0 Å². The van der Waals surface area contributed by atoms with Crippen molar-refractivity contribution in [1.29, 1.82) is 0 Å². The Morgan fingerprint density at radius 2 is 1.45 bits per heavy atom. The van der Waals surface area contributed by atoms with Gasteiger partial charge in [-0.3, -0.25) is 0 Å². The molecule has 0 unspecified atom stereocenters. The smallest absolute Gasteiger partial charge is 0.132 e. The van der Waals surface area contributed by atoms with Crippen LogP contribution in [0.1, 0.15) is 6.92 Å². The van der Waals surface area contributed by atoms with Gasteiger partial charge in [-0.15, -0.1) is 25.3 Å². The SMILES string of the molecule is CC(NC(=S)S)NC(=S)S.[Zn]. The molecule has 2 nitrogen and oxygen atoms in total. The van der Waals surface area contributed by atoms with E-state index in [9.17, 15) is 0 Å². The van der Waals surface area contributed by atoms with Crippen LogP contribution in [-0.4, -0.2) is 14.8 Å². The van der Waals surface area contributed by atoms with Gasteiger partial charge in [0, 0.05) is 19.5 Å². The van der Waals surface area contributed by atoms with Gasteiger partial charge in [0.05, 0.1) is 6.17 Å². The van der Waals surface area contributed by atoms with Crippen LogP contribution in [0.5, 0.6) is 0 Å². The van der Waals surface area contributed by atoms with Crippen molar-refractivity contribution in [2.24, 2.45) is 0 Å². The van der Waals surface area contributed by atoms with E-state index in [1.54, 1.807) is 0 Å². The minimum atomic E-state index is -0.0185. The third-order valence-electron chi connectivity index (χ3n) is 0.680. The summed E-state index contributed by atoms with van der Waals surface area (Å²) < 4.78 is 0.870. The van der Waals surface area contributed by atoms with Gasteiger partial charge < -0.3 is 10.6 Å². The van der Waals surface area contributed by atoms with Crippen molar-refractivity contribution < 1.29 is 19.5 Å². The normalized spacial score (nSPS) is 8.36. The molecule has 0 fully saturated rings. The maximum absolute atomic E-state index is 4.67. The molecule has 0 aliphatic rings. The second kappa shape index (κ2) is 7.74. The van der Waals surface area contributed by atoms with E-state index in [0.717, 1.165) is 0 Å². The molecule has 0 bridgehead atoms. The first kappa shape index (κ1) is 14.6. The number of thiol groups is 2. The maximum atomic E-state index is 4.67. The van der Waals surface area contributed by atoms with Crippen LogP contribution in [0.4, 0.5) is 0 Å². The summed E-state index contributed by atoms with van der Waals surface area (Å²) in [5.41, 5.74) is 0. The summed E-state index contributed by atoms with van der Waals surface area (Å²) in [7, 11) is 0. The van der Waals surface area contributed by atoms with E-state index in [0.29, 0.717) is 8.64 Å². The maximum Gasteiger partial charge on any atom is 0.132 e. The fourth-order valence-electron chi connectivity index (χ4n) is 0.407. The minimum absolute atomic E-state index is 0. The molecular weight excluding hydrogens is 270 g/mol. The van der Waals surface area contributed by atoms with E-state index >= 15 is 0 Å². The van der Waals surface area contributed by atoms with E-state index in [1.807, 2.05) is 6.92 Å². The zero-order chi connectivity index (χ0) is 8.15. The largest absolute Gasteiger partial charge is 0.352 e. The Morgan fingerprint density at radius 1 is 1.18 bits per heavy atom. The Hall–Kier alpha value is 1.10. The average Bonchev–Trinajstić information content (AvgIpc) is 1.58. The van der Waals surface area contributed by atoms with Crippen molar-refractivity contribution in [3.8, 4) is 0 Å². The molecule has 0 aliphatic heterocycles. The molecule has 0 rings (SSSR count). The summed E-state index contributed by atoms with van der Waals surface area (Å²) in [5, 5.41) is 5.64. The molecule has 2 N–H and O–H groups in total. The minimum Gasteiger partial charge on any atom is -0.352 e. The summed E-state index contributed by atoms with van der Waals surface area (Å²) in [4.78, 5) is 0. The van der Waals surface area contributed by atoms with Gasteiger partial charge in [0.1, 0.15) is 8.64 Å². The van der Waals surface area contributed by atoms with Crippen LogP contribution in [-0.2, 0) is 19.5 Å². The molecule has 0 radical (unpaired) electrons. The molecule has 0 saturated heterocycles. The second-order valence-electron chi connectivity index (χ2n) is 1.62. The Bertz CT molecular complexity index is 135. The molecule has 0 aromatic carbocycles. The van der Waals surface area contributed by atoms with Gasteiger partial charge in [-0.1, -0.05) is 24.4 Å². The van der Waals surface area contributed by atoms with Crippen LogP contribution in [0.2, 0.25) is 0 Å². The number of nitrogens with one attached hydrogen (secondary N) is 2. The first-order valence-corrected chi connectivity index (χ1v) is 4.22. The molecule has 7 heteroatoms. The third kappa shape index (κ3) is 11.1. The first-order chi connectivity index (χ1) is 4.52.